The highest BCUT2D eigenvalue weighted by Crippen LogP contribution is 2.09. The predicted octanol–water partition coefficient (Wildman–Crippen LogP) is 1.52. The monoisotopic (exact) mass is 259 g/mol. The van der Waals surface area contributed by atoms with E-state index in [-0.39, 0.29) is 6.09 Å². The zero-order valence-corrected chi connectivity index (χ0v) is 12.5. The molecule has 0 aliphatic rings. The van der Waals surface area contributed by atoms with Crippen molar-refractivity contribution in [3.63, 3.8) is 0 Å². The number of carbonyl (C=O) groups is 1. The number of carbonyl (C=O) groups excluding carboxylic acids is 1. The number of rotatable bonds is 7. The molecule has 5 nitrogen and oxygen atoms in total. The lowest BCUT2D eigenvalue weighted by Gasteiger charge is -2.25. The molecule has 0 heterocycles. The van der Waals surface area contributed by atoms with E-state index in [0.717, 1.165) is 32.5 Å². The summed E-state index contributed by atoms with van der Waals surface area (Å²) in [5.74, 6) is 0. The largest absolute Gasteiger partial charge is 0.444 e. The Morgan fingerprint density at radius 3 is 2.17 bits per heavy atom. The Labute approximate surface area is 111 Å². The van der Waals surface area contributed by atoms with Crippen LogP contribution in [0.1, 0.15) is 33.6 Å². The maximum absolute atomic E-state index is 11.7. The first-order valence-electron chi connectivity index (χ1n) is 6.59. The second kappa shape index (κ2) is 8.32. The summed E-state index contributed by atoms with van der Waals surface area (Å²) in [6.45, 7) is 9.03. The van der Waals surface area contributed by atoms with Gasteiger partial charge in [-0.1, -0.05) is 0 Å². The zero-order valence-electron chi connectivity index (χ0n) is 12.5. The van der Waals surface area contributed by atoms with Crippen molar-refractivity contribution in [3.05, 3.63) is 0 Å². The van der Waals surface area contributed by atoms with Crippen LogP contribution in [-0.4, -0.2) is 61.8 Å². The number of amides is 1. The summed E-state index contributed by atoms with van der Waals surface area (Å²) in [5.41, 5.74) is 5.03. The first kappa shape index (κ1) is 17.2. The van der Waals surface area contributed by atoms with Crippen LogP contribution in [-0.2, 0) is 4.74 Å². The third kappa shape index (κ3) is 9.24. The molecule has 0 spiro atoms. The fourth-order valence-corrected chi connectivity index (χ4v) is 1.48. The summed E-state index contributed by atoms with van der Waals surface area (Å²) in [7, 11) is 3.84. The van der Waals surface area contributed by atoms with E-state index < -0.39 is 5.60 Å². The van der Waals surface area contributed by atoms with Gasteiger partial charge < -0.3 is 20.3 Å². The van der Waals surface area contributed by atoms with Gasteiger partial charge in [-0.25, -0.2) is 4.79 Å². The van der Waals surface area contributed by atoms with E-state index in [0.29, 0.717) is 6.54 Å². The summed E-state index contributed by atoms with van der Waals surface area (Å²) in [5, 5.41) is 0. The van der Waals surface area contributed by atoms with Crippen LogP contribution in [0.15, 0.2) is 0 Å². The Bertz CT molecular complexity index is 239. The topological polar surface area (TPSA) is 58.8 Å². The molecule has 0 fully saturated rings. The van der Waals surface area contributed by atoms with Crippen LogP contribution in [0.3, 0.4) is 0 Å². The minimum Gasteiger partial charge on any atom is -0.444 e. The number of nitrogens with zero attached hydrogens (tertiary/aromatic N) is 2. The lowest BCUT2D eigenvalue weighted by Crippen LogP contribution is -2.35. The molecular weight excluding hydrogens is 230 g/mol. The molecule has 0 bridgehead atoms. The predicted molar refractivity (Wildman–Crippen MR) is 74.6 cm³/mol. The molecule has 108 valence electrons. The third-order valence-electron chi connectivity index (χ3n) is 2.48. The number of hydrogen-bond donors (Lipinski definition) is 1. The van der Waals surface area contributed by atoms with E-state index in [2.05, 4.69) is 11.9 Å². The Hall–Kier alpha value is -0.810. The maximum Gasteiger partial charge on any atom is 0.410 e. The molecule has 1 amide bonds. The molecule has 0 aromatic carbocycles. The molecule has 0 radical (unpaired) electrons. The Balaban J connectivity index is 3.76. The van der Waals surface area contributed by atoms with E-state index >= 15 is 0 Å². The first-order chi connectivity index (χ1) is 8.26. The van der Waals surface area contributed by atoms with Crippen LogP contribution >= 0.6 is 0 Å². The molecule has 0 atom stereocenters. The molecule has 0 unspecified atom stereocenters. The average Bonchev–Trinajstić information content (AvgIpc) is 2.23. The SMILES string of the molecule is CN(CCCN)CCCN(C)C(=O)OC(C)(C)C. The van der Waals surface area contributed by atoms with Gasteiger partial charge in [0.25, 0.3) is 0 Å². The second-order valence-electron chi connectivity index (χ2n) is 5.70. The van der Waals surface area contributed by atoms with Gasteiger partial charge in [-0.05, 0) is 60.3 Å². The minimum atomic E-state index is -0.427. The summed E-state index contributed by atoms with van der Waals surface area (Å²) in [6, 6.07) is 0. The van der Waals surface area contributed by atoms with Gasteiger partial charge in [0.05, 0.1) is 0 Å². The van der Waals surface area contributed by atoms with Crippen molar-refractivity contribution in [2.24, 2.45) is 5.73 Å². The fraction of sp³-hybridized carbons (Fsp3) is 0.923. The fourth-order valence-electron chi connectivity index (χ4n) is 1.48. The van der Waals surface area contributed by atoms with Crippen molar-refractivity contribution in [3.8, 4) is 0 Å². The zero-order chi connectivity index (χ0) is 14.2. The molecular formula is C13H29N3O2. The first-order valence-corrected chi connectivity index (χ1v) is 6.59. The normalized spacial score (nSPS) is 11.7. The van der Waals surface area contributed by atoms with Gasteiger partial charge >= 0.3 is 6.09 Å². The van der Waals surface area contributed by atoms with Crippen LogP contribution in [0.25, 0.3) is 0 Å². The number of ether oxygens (including phenoxy) is 1. The highest BCUT2D eigenvalue weighted by Gasteiger charge is 2.19. The summed E-state index contributed by atoms with van der Waals surface area (Å²) >= 11 is 0. The summed E-state index contributed by atoms with van der Waals surface area (Å²) < 4.78 is 5.28. The standard InChI is InChI=1S/C13H29N3O2/c1-13(2,3)18-12(17)16(5)11-7-10-15(4)9-6-8-14/h6-11,14H2,1-5H3. The maximum atomic E-state index is 11.7. The Morgan fingerprint density at radius 2 is 1.67 bits per heavy atom. The molecule has 5 heteroatoms. The van der Waals surface area contributed by atoms with E-state index in [4.69, 9.17) is 10.5 Å². The van der Waals surface area contributed by atoms with E-state index in [1.807, 2.05) is 20.8 Å². The molecule has 0 aromatic rings. The van der Waals surface area contributed by atoms with E-state index in [9.17, 15) is 4.79 Å². The van der Waals surface area contributed by atoms with E-state index in [1.54, 1.807) is 11.9 Å². The van der Waals surface area contributed by atoms with Crippen LogP contribution in [0.5, 0.6) is 0 Å². The van der Waals surface area contributed by atoms with Crippen molar-refractivity contribution in [1.29, 1.82) is 0 Å². The molecule has 0 saturated heterocycles. The second-order valence-corrected chi connectivity index (χ2v) is 5.70. The van der Waals surface area contributed by atoms with Gasteiger partial charge in [0.15, 0.2) is 0 Å². The number of hydrogen-bond acceptors (Lipinski definition) is 4. The molecule has 0 aliphatic carbocycles. The Kier molecular flexibility index (Phi) is 7.95. The van der Waals surface area contributed by atoms with Crippen molar-refractivity contribution in [2.75, 3.05) is 40.3 Å². The summed E-state index contributed by atoms with van der Waals surface area (Å²) in [6.07, 6.45) is 1.70. The van der Waals surface area contributed by atoms with Crippen molar-refractivity contribution < 1.29 is 9.53 Å². The van der Waals surface area contributed by atoms with Crippen molar-refractivity contribution in [2.45, 2.75) is 39.2 Å². The van der Waals surface area contributed by atoms with Crippen molar-refractivity contribution >= 4 is 6.09 Å². The Morgan fingerprint density at radius 1 is 1.11 bits per heavy atom. The van der Waals surface area contributed by atoms with Gasteiger partial charge in [-0.2, -0.15) is 0 Å². The third-order valence-corrected chi connectivity index (χ3v) is 2.48. The van der Waals surface area contributed by atoms with Gasteiger partial charge in [0, 0.05) is 13.6 Å². The van der Waals surface area contributed by atoms with Crippen molar-refractivity contribution in [1.82, 2.24) is 9.80 Å². The van der Waals surface area contributed by atoms with Crippen LogP contribution in [0.2, 0.25) is 0 Å². The highest BCUT2D eigenvalue weighted by molar-refractivity contribution is 5.67. The molecule has 0 aromatic heterocycles. The molecule has 18 heavy (non-hydrogen) atoms. The van der Waals surface area contributed by atoms with Gasteiger partial charge in [0.1, 0.15) is 5.60 Å². The lowest BCUT2D eigenvalue weighted by molar-refractivity contribution is 0.0294. The smallest absolute Gasteiger partial charge is 0.410 e. The van der Waals surface area contributed by atoms with Crippen LogP contribution in [0, 0.1) is 0 Å². The molecule has 0 rings (SSSR count). The molecule has 0 saturated carbocycles. The van der Waals surface area contributed by atoms with Gasteiger partial charge in [0.2, 0.25) is 0 Å². The lowest BCUT2D eigenvalue weighted by atomic mass is 10.2. The summed E-state index contributed by atoms with van der Waals surface area (Å²) in [4.78, 5) is 15.5. The van der Waals surface area contributed by atoms with E-state index in [1.165, 1.54) is 0 Å². The minimum absolute atomic E-state index is 0.257. The highest BCUT2D eigenvalue weighted by atomic mass is 16.6. The van der Waals surface area contributed by atoms with Crippen LogP contribution in [0.4, 0.5) is 4.79 Å². The van der Waals surface area contributed by atoms with Gasteiger partial charge in [-0.3, -0.25) is 0 Å². The molecule has 0 aliphatic heterocycles. The average molecular weight is 259 g/mol. The quantitative estimate of drug-likeness (QED) is 0.753. The molecule has 2 N–H and O–H groups in total. The van der Waals surface area contributed by atoms with Gasteiger partial charge in [-0.15, -0.1) is 0 Å². The number of nitrogens with two attached hydrogens (primary N) is 1. The van der Waals surface area contributed by atoms with Crippen LogP contribution < -0.4 is 5.73 Å².